The molecule has 0 aliphatic carbocycles. The number of fused-ring (bicyclic) bond motifs is 1. The Bertz CT molecular complexity index is 638. The molecule has 3 rings (SSSR count). The van der Waals surface area contributed by atoms with Crippen LogP contribution in [0.2, 0.25) is 0 Å². The van der Waals surface area contributed by atoms with Gasteiger partial charge in [0.15, 0.2) is 0 Å². The minimum Gasteiger partial charge on any atom is -0.336 e. The van der Waals surface area contributed by atoms with Crippen LogP contribution in [0, 0.1) is 0 Å². The lowest BCUT2D eigenvalue weighted by Crippen LogP contribution is -2.43. The first-order valence-corrected chi connectivity index (χ1v) is 8.77. The average molecular weight is 346 g/mol. The lowest BCUT2D eigenvalue weighted by Gasteiger charge is -2.35. The number of nitrogens with zero attached hydrogens (tertiary/aromatic N) is 1. The van der Waals surface area contributed by atoms with Gasteiger partial charge >= 0.3 is 0 Å². The third-order valence-electron chi connectivity index (χ3n) is 4.33. The molecular formula is C18H20BrNO. The SMILES string of the molecule is O=C(c1ccc2ccccc2c1)N1CCCCC1CCBr. The number of rotatable bonds is 3. The fraction of sp³-hybridized carbons (Fsp3) is 0.389. The fourth-order valence-electron chi connectivity index (χ4n) is 3.18. The highest BCUT2D eigenvalue weighted by atomic mass is 79.9. The van der Waals surface area contributed by atoms with Crippen molar-refractivity contribution >= 4 is 32.6 Å². The summed E-state index contributed by atoms with van der Waals surface area (Å²) in [6.07, 6.45) is 4.53. The quantitative estimate of drug-likeness (QED) is 0.743. The number of likely N-dealkylation sites (tertiary alicyclic amines) is 1. The molecule has 1 aliphatic heterocycles. The first kappa shape index (κ1) is 14.6. The molecule has 2 aromatic carbocycles. The highest BCUT2D eigenvalue weighted by Gasteiger charge is 2.26. The predicted molar refractivity (Wildman–Crippen MR) is 91.0 cm³/mol. The van der Waals surface area contributed by atoms with E-state index in [0.717, 1.165) is 42.1 Å². The molecule has 1 fully saturated rings. The molecule has 1 unspecified atom stereocenters. The van der Waals surface area contributed by atoms with Crippen LogP contribution in [-0.2, 0) is 0 Å². The van der Waals surface area contributed by atoms with Gasteiger partial charge in [0.25, 0.3) is 5.91 Å². The summed E-state index contributed by atoms with van der Waals surface area (Å²) in [5, 5.41) is 3.28. The summed E-state index contributed by atoms with van der Waals surface area (Å²) >= 11 is 3.51. The minimum absolute atomic E-state index is 0.186. The molecule has 0 saturated carbocycles. The molecule has 21 heavy (non-hydrogen) atoms. The molecule has 0 aromatic heterocycles. The fourth-order valence-corrected chi connectivity index (χ4v) is 3.71. The number of hydrogen-bond donors (Lipinski definition) is 0. The van der Waals surface area contributed by atoms with E-state index in [-0.39, 0.29) is 5.91 Å². The Morgan fingerprint density at radius 3 is 2.76 bits per heavy atom. The van der Waals surface area contributed by atoms with Gasteiger partial charge in [0.1, 0.15) is 0 Å². The molecule has 1 amide bonds. The van der Waals surface area contributed by atoms with Gasteiger partial charge in [-0.05, 0) is 48.6 Å². The Kier molecular flexibility index (Phi) is 4.59. The van der Waals surface area contributed by atoms with Crippen LogP contribution in [0.25, 0.3) is 10.8 Å². The third kappa shape index (κ3) is 3.13. The average Bonchev–Trinajstić information content (AvgIpc) is 2.54. The van der Waals surface area contributed by atoms with E-state index in [0.29, 0.717) is 6.04 Å². The predicted octanol–water partition coefficient (Wildman–Crippen LogP) is 4.62. The molecule has 1 heterocycles. The van der Waals surface area contributed by atoms with Gasteiger partial charge in [0, 0.05) is 23.5 Å². The largest absolute Gasteiger partial charge is 0.336 e. The Labute approximate surface area is 134 Å². The highest BCUT2D eigenvalue weighted by Crippen LogP contribution is 2.24. The van der Waals surface area contributed by atoms with Crippen molar-refractivity contribution in [2.45, 2.75) is 31.7 Å². The molecule has 110 valence electrons. The summed E-state index contributed by atoms with van der Waals surface area (Å²) in [6.45, 7) is 0.892. The van der Waals surface area contributed by atoms with E-state index in [1.807, 2.05) is 30.3 Å². The van der Waals surface area contributed by atoms with E-state index in [1.165, 1.54) is 11.8 Å². The molecule has 0 radical (unpaired) electrons. The summed E-state index contributed by atoms with van der Waals surface area (Å²) in [5.74, 6) is 0.186. The number of benzene rings is 2. The Morgan fingerprint density at radius 2 is 1.95 bits per heavy atom. The van der Waals surface area contributed by atoms with Crippen LogP contribution >= 0.6 is 15.9 Å². The zero-order valence-corrected chi connectivity index (χ0v) is 13.7. The van der Waals surface area contributed by atoms with Crippen LogP contribution in [0.3, 0.4) is 0 Å². The Morgan fingerprint density at radius 1 is 1.14 bits per heavy atom. The molecule has 0 spiro atoms. The summed E-state index contributed by atoms with van der Waals surface area (Å²) < 4.78 is 0. The van der Waals surface area contributed by atoms with Crippen LogP contribution in [0.1, 0.15) is 36.0 Å². The monoisotopic (exact) mass is 345 g/mol. The van der Waals surface area contributed by atoms with Crippen LogP contribution in [-0.4, -0.2) is 28.7 Å². The van der Waals surface area contributed by atoms with E-state index < -0.39 is 0 Å². The second-order valence-electron chi connectivity index (χ2n) is 5.69. The van der Waals surface area contributed by atoms with Gasteiger partial charge in [0.2, 0.25) is 0 Å². The smallest absolute Gasteiger partial charge is 0.254 e. The maximum Gasteiger partial charge on any atom is 0.254 e. The van der Waals surface area contributed by atoms with E-state index in [4.69, 9.17) is 0 Å². The highest BCUT2D eigenvalue weighted by molar-refractivity contribution is 9.09. The summed E-state index contributed by atoms with van der Waals surface area (Å²) in [4.78, 5) is 14.9. The number of piperidine rings is 1. The van der Waals surface area contributed by atoms with Gasteiger partial charge in [0.05, 0.1) is 0 Å². The first-order chi connectivity index (χ1) is 10.3. The maximum atomic E-state index is 12.8. The van der Waals surface area contributed by atoms with Gasteiger partial charge in [-0.3, -0.25) is 4.79 Å². The molecule has 2 nitrogen and oxygen atoms in total. The van der Waals surface area contributed by atoms with Crippen molar-refractivity contribution in [3.63, 3.8) is 0 Å². The van der Waals surface area contributed by atoms with Crippen LogP contribution in [0.5, 0.6) is 0 Å². The van der Waals surface area contributed by atoms with Gasteiger partial charge in [-0.1, -0.05) is 46.3 Å². The van der Waals surface area contributed by atoms with E-state index >= 15 is 0 Å². The van der Waals surface area contributed by atoms with Gasteiger partial charge in [-0.2, -0.15) is 0 Å². The topological polar surface area (TPSA) is 20.3 Å². The second kappa shape index (κ2) is 6.61. The van der Waals surface area contributed by atoms with Crippen molar-refractivity contribution in [2.24, 2.45) is 0 Å². The van der Waals surface area contributed by atoms with Gasteiger partial charge in [-0.25, -0.2) is 0 Å². The number of carbonyl (C=O) groups is 1. The van der Waals surface area contributed by atoms with Gasteiger partial charge in [-0.15, -0.1) is 0 Å². The molecule has 1 aliphatic rings. The van der Waals surface area contributed by atoms with Crippen molar-refractivity contribution in [1.29, 1.82) is 0 Å². The zero-order valence-electron chi connectivity index (χ0n) is 12.1. The van der Waals surface area contributed by atoms with Crippen LogP contribution in [0.15, 0.2) is 42.5 Å². The van der Waals surface area contributed by atoms with Crippen molar-refractivity contribution in [3.8, 4) is 0 Å². The zero-order chi connectivity index (χ0) is 14.7. The second-order valence-corrected chi connectivity index (χ2v) is 6.48. The summed E-state index contributed by atoms with van der Waals surface area (Å²) in [6, 6.07) is 14.6. The van der Waals surface area contributed by atoms with Crippen LogP contribution < -0.4 is 0 Å². The number of carbonyl (C=O) groups excluding carboxylic acids is 1. The third-order valence-corrected chi connectivity index (χ3v) is 4.78. The molecule has 1 saturated heterocycles. The lowest BCUT2D eigenvalue weighted by molar-refractivity contribution is 0.0610. The van der Waals surface area contributed by atoms with E-state index in [9.17, 15) is 4.79 Å². The Hall–Kier alpha value is -1.35. The molecule has 0 N–H and O–H groups in total. The summed E-state index contributed by atoms with van der Waals surface area (Å²) in [5.41, 5.74) is 0.815. The van der Waals surface area contributed by atoms with Gasteiger partial charge < -0.3 is 4.90 Å². The van der Waals surface area contributed by atoms with E-state index in [1.54, 1.807) is 0 Å². The molecule has 3 heteroatoms. The van der Waals surface area contributed by atoms with E-state index in [2.05, 4.69) is 33.0 Å². The standard InChI is InChI=1S/C18H20BrNO/c19-11-10-17-7-3-4-12-20(17)18(21)16-9-8-14-5-1-2-6-15(14)13-16/h1-2,5-6,8-9,13,17H,3-4,7,10-12H2. The Balaban J connectivity index is 1.87. The lowest BCUT2D eigenvalue weighted by atomic mass is 9.98. The van der Waals surface area contributed by atoms with Crippen molar-refractivity contribution < 1.29 is 4.79 Å². The normalized spacial score (nSPS) is 18.9. The number of alkyl halides is 1. The number of amides is 1. The number of hydrogen-bond acceptors (Lipinski definition) is 1. The van der Waals surface area contributed by atoms with Crippen molar-refractivity contribution in [1.82, 2.24) is 4.90 Å². The number of halogens is 1. The first-order valence-electron chi connectivity index (χ1n) is 7.65. The molecular weight excluding hydrogens is 326 g/mol. The maximum absolute atomic E-state index is 12.8. The molecule has 1 atom stereocenters. The van der Waals surface area contributed by atoms with Crippen LogP contribution in [0.4, 0.5) is 0 Å². The van der Waals surface area contributed by atoms with Crippen molar-refractivity contribution in [2.75, 3.05) is 11.9 Å². The molecule has 0 bridgehead atoms. The summed E-state index contributed by atoms with van der Waals surface area (Å²) in [7, 11) is 0. The minimum atomic E-state index is 0.186. The van der Waals surface area contributed by atoms with Crippen molar-refractivity contribution in [3.05, 3.63) is 48.0 Å². The molecule has 2 aromatic rings.